The highest BCUT2D eigenvalue weighted by atomic mass is 32.1. The van der Waals surface area contributed by atoms with Gasteiger partial charge in [0, 0.05) is 6.42 Å². The maximum atomic E-state index is 12.1. The van der Waals surface area contributed by atoms with E-state index in [0.29, 0.717) is 18.1 Å². The Morgan fingerprint density at radius 3 is 2.79 bits per heavy atom. The molecule has 0 radical (unpaired) electrons. The van der Waals surface area contributed by atoms with E-state index in [2.05, 4.69) is 11.1 Å². The molecule has 3 heteroatoms. The number of thiazole rings is 1. The fraction of sp³-hybridized carbons (Fsp3) is 0.500. The van der Waals surface area contributed by atoms with Crippen molar-refractivity contribution < 1.29 is 4.79 Å². The molecule has 1 fully saturated rings. The zero-order valence-corrected chi connectivity index (χ0v) is 11.9. The summed E-state index contributed by atoms with van der Waals surface area (Å²) in [6.45, 7) is 0. The molecule has 0 bridgehead atoms. The lowest BCUT2D eigenvalue weighted by atomic mass is 9.85. The standard InChI is InChI=1S/C16H19NOS/c18-13(10-12-6-2-1-3-7-12)11-16-17-14-8-4-5-9-15(14)19-16/h4-5,8-9,12H,1-3,6-7,10-11H2. The Morgan fingerprint density at radius 2 is 2.00 bits per heavy atom. The number of hydrogen-bond acceptors (Lipinski definition) is 3. The third-order valence-electron chi connectivity index (χ3n) is 3.93. The van der Waals surface area contributed by atoms with Crippen molar-refractivity contribution in [1.82, 2.24) is 4.98 Å². The molecule has 0 amide bonds. The summed E-state index contributed by atoms with van der Waals surface area (Å²) in [6.07, 6.45) is 7.73. The van der Waals surface area contributed by atoms with Gasteiger partial charge in [-0.25, -0.2) is 4.98 Å². The van der Waals surface area contributed by atoms with Gasteiger partial charge in [0.2, 0.25) is 0 Å². The second-order valence-electron chi connectivity index (χ2n) is 5.50. The molecule has 1 aromatic carbocycles. The van der Waals surface area contributed by atoms with Crippen LogP contribution in [0.5, 0.6) is 0 Å². The third kappa shape index (κ3) is 3.21. The van der Waals surface area contributed by atoms with E-state index < -0.39 is 0 Å². The number of hydrogen-bond donors (Lipinski definition) is 0. The molecule has 0 atom stereocenters. The SMILES string of the molecule is O=C(Cc1nc2ccccc2s1)CC1CCCCC1. The first kappa shape index (κ1) is 12.8. The molecule has 0 aliphatic heterocycles. The van der Waals surface area contributed by atoms with Crippen molar-refractivity contribution in [3.8, 4) is 0 Å². The molecule has 1 aliphatic carbocycles. The molecular weight excluding hydrogens is 254 g/mol. The summed E-state index contributed by atoms with van der Waals surface area (Å²) in [5.41, 5.74) is 1.02. The highest BCUT2D eigenvalue weighted by molar-refractivity contribution is 7.18. The first-order valence-corrected chi connectivity index (χ1v) is 7.99. The third-order valence-corrected chi connectivity index (χ3v) is 4.96. The van der Waals surface area contributed by atoms with Crippen molar-refractivity contribution in [1.29, 1.82) is 0 Å². The topological polar surface area (TPSA) is 30.0 Å². The molecule has 0 saturated heterocycles. The summed E-state index contributed by atoms with van der Waals surface area (Å²) in [6, 6.07) is 8.10. The number of para-hydroxylation sites is 1. The molecule has 0 unspecified atom stereocenters. The Balaban J connectivity index is 1.62. The van der Waals surface area contributed by atoms with Crippen molar-refractivity contribution in [2.75, 3.05) is 0 Å². The lowest BCUT2D eigenvalue weighted by Gasteiger charge is -2.20. The molecule has 2 aromatic rings. The van der Waals surface area contributed by atoms with Gasteiger partial charge in [-0.2, -0.15) is 0 Å². The van der Waals surface area contributed by atoms with Gasteiger partial charge in [0.1, 0.15) is 10.8 Å². The minimum absolute atomic E-state index is 0.367. The minimum atomic E-state index is 0.367. The van der Waals surface area contributed by atoms with Crippen molar-refractivity contribution in [2.24, 2.45) is 5.92 Å². The minimum Gasteiger partial charge on any atom is -0.299 e. The van der Waals surface area contributed by atoms with Crippen molar-refractivity contribution >= 4 is 27.3 Å². The van der Waals surface area contributed by atoms with Gasteiger partial charge in [0.25, 0.3) is 0 Å². The number of ketones is 1. The van der Waals surface area contributed by atoms with Crippen LogP contribution in [0.15, 0.2) is 24.3 Å². The van der Waals surface area contributed by atoms with Crippen LogP contribution < -0.4 is 0 Å². The number of rotatable bonds is 4. The Morgan fingerprint density at radius 1 is 1.21 bits per heavy atom. The van der Waals surface area contributed by atoms with Crippen LogP contribution in [0.1, 0.15) is 43.5 Å². The van der Waals surface area contributed by atoms with Gasteiger partial charge >= 0.3 is 0 Å². The molecule has 1 aromatic heterocycles. The predicted octanol–water partition coefficient (Wildman–Crippen LogP) is 4.38. The summed E-state index contributed by atoms with van der Waals surface area (Å²) in [7, 11) is 0. The lowest BCUT2D eigenvalue weighted by Crippen LogP contribution is -2.13. The van der Waals surface area contributed by atoms with Gasteiger partial charge in [-0.1, -0.05) is 44.2 Å². The zero-order valence-electron chi connectivity index (χ0n) is 11.1. The molecule has 2 nitrogen and oxygen atoms in total. The number of Topliss-reactive ketones (excluding diaryl/α,β-unsaturated/α-hetero) is 1. The van der Waals surface area contributed by atoms with Crippen LogP contribution in [0, 0.1) is 5.92 Å². The smallest absolute Gasteiger partial charge is 0.139 e. The van der Waals surface area contributed by atoms with Crippen LogP contribution in [0.2, 0.25) is 0 Å². The van der Waals surface area contributed by atoms with Gasteiger partial charge in [0.05, 0.1) is 16.6 Å². The van der Waals surface area contributed by atoms with Crippen LogP contribution in [0.25, 0.3) is 10.2 Å². The largest absolute Gasteiger partial charge is 0.299 e. The number of aromatic nitrogens is 1. The number of fused-ring (bicyclic) bond motifs is 1. The average molecular weight is 273 g/mol. The van der Waals surface area contributed by atoms with E-state index in [-0.39, 0.29) is 0 Å². The van der Waals surface area contributed by atoms with Crippen molar-refractivity contribution in [2.45, 2.75) is 44.9 Å². The van der Waals surface area contributed by atoms with Crippen LogP contribution in [-0.2, 0) is 11.2 Å². The quantitative estimate of drug-likeness (QED) is 0.827. The van der Waals surface area contributed by atoms with E-state index in [9.17, 15) is 4.79 Å². The highest BCUT2D eigenvalue weighted by Gasteiger charge is 2.18. The van der Waals surface area contributed by atoms with Gasteiger partial charge in [-0.05, 0) is 18.1 Å². The molecule has 1 heterocycles. The number of carbonyl (C=O) groups excluding carboxylic acids is 1. The fourth-order valence-electron chi connectivity index (χ4n) is 2.95. The molecule has 3 rings (SSSR count). The van der Waals surface area contributed by atoms with E-state index >= 15 is 0 Å². The van der Waals surface area contributed by atoms with E-state index in [0.717, 1.165) is 16.9 Å². The summed E-state index contributed by atoms with van der Waals surface area (Å²) >= 11 is 1.66. The van der Waals surface area contributed by atoms with Gasteiger partial charge < -0.3 is 0 Å². The normalized spacial score (nSPS) is 16.8. The maximum absolute atomic E-state index is 12.1. The van der Waals surface area contributed by atoms with E-state index in [4.69, 9.17) is 0 Å². The molecule has 100 valence electrons. The van der Waals surface area contributed by atoms with Crippen LogP contribution in [0.4, 0.5) is 0 Å². The lowest BCUT2D eigenvalue weighted by molar-refractivity contribution is -0.119. The predicted molar refractivity (Wildman–Crippen MR) is 79.5 cm³/mol. The average Bonchev–Trinajstić information content (AvgIpc) is 2.81. The fourth-order valence-corrected chi connectivity index (χ4v) is 3.95. The van der Waals surface area contributed by atoms with E-state index in [1.807, 2.05) is 18.2 Å². The monoisotopic (exact) mass is 273 g/mol. The second kappa shape index (κ2) is 5.83. The summed E-state index contributed by atoms with van der Waals surface area (Å²) in [5, 5.41) is 0.974. The number of benzene rings is 1. The first-order chi connectivity index (χ1) is 9.31. The van der Waals surface area contributed by atoms with Gasteiger partial charge in [-0.15, -0.1) is 11.3 Å². The number of carbonyl (C=O) groups is 1. The van der Waals surface area contributed by atoms with Gasteiger partial charge in [-0.3, -0.25) is 4.79 Å². The van der Waals surface area contributed by atoms with E-state index in [1.54, 1.807) is 11.3 Å². The second-order valence-corrected chi connectivity index (χ2v) is 6.61. The van der Waals surface area contributed by atoms with Crippen molar-refractivity contribution in [3.63, 3.8) is 0 Å². The Kier molecular flexibility index (Phi) is 3.92. The molecule has 1 saturated carbocycles. The summed E-state index contributed by atoms with van der Waals surface area (Å²) in [4.78, 5) is 16.7. The highest BCUT2D eigenvalue weighted by Crippen LogP contribution is 2.28. The molecule has 0 spiro atoms. The number of nitrogens with zero attached hydrogens (tertiary/aromatic N) is 1. The van der Waals surface area contributed by atoms with E-state index in [1.165, 1.54) is 36.8 Å². The van der Waals surface area contributed by atoms with Crippen LogP contribution in [0.3, 0.4) is 0 Å². The summed E-state index contributed by atoms with van der Waals surface area (Å²) < 4.78 is 1.18. The zero-order chi connectivity index (χ0) is 13.1. The van der Waals surface area contributed by atoms with Crippen molar-refractivity contribution in [3.05, 3.63) is 29.3 Å². The Hall–Kier alpha value is -1.22. The molecule has 1 aliphatic rings. The first-order valence-electron chi connectivity index (χ1n) is 7.17. The molecule has 19 heavy (non-hydrogen) atoms. The van der Waals surface area contributed by atoms with Gasteiger partial charge in [0.15, 0.2) is 0 Å². The van der Waals surface area contributed by atoms with Crippen LogP contribution in [-0.4, -0.2) is 10.8 Å². The Bertz CT molecular complexity index is 536. The maximum Gasteiger partial charge on any atom is 0.139 e. The molecular formula is C16H19NOS. The summed E-state index contributed by atoms with van der Waals surface area (Å²) in [5.74, 6) is 1.00. The molecule has 0 N–H and O–H groups in total. The Labute approximate surface area is 117 Å². The van der Waals surface area contributed by atoms with Crippen LogP contribution >= 0.6 is 11.3 Å².